The molecule has 1 aromatic rings. The van der Waals surface area contributed by atoms with Crippen LogP contribution in [0.3, 0.4) is 0 Å². The molecule has 2 N–H and O–H groups in total. The third-order valence-electron chi connectivity index (χ3n) is 2.33. The van der Waals surface area contributed by atoms with Crippen LogP contribution in [0.5, 0.6) is 0 Å². The predicted octanol–water partition coefficient (Wildman–Crippen LogP) is 1.06. The zero-order valence-electron chi connectivity index (χ0n) is 9.88. The molecule has 84 valence electrons. The number of rotatable bonds is 6. The number of likely N-dealkylation sites (N-methyl/N-ethyl adjacent to an activating group) is 1. The van der Waals surface area contributed by atoms with E-state index in [1.807, 2.05) is 7.05 Å². The fourth-order valence-electron chi connectivity index (χ4n) is 1.36. The normalized spacial score (nSPS) is 10.3. The maximum absolute atomic E-state index is 3.38. The van der Waals surface area contributed by atoms with Gasteiger partial charge in [0.05, 0.1) is 0 Å². The summed E-state index contributed by atoms with van der Waals surface area (Å²) in [5, 5.41) is 6.48. The molecule has 0 unspecified atom stereocenters. The molecule has 15 heavy (non-hydrogen) atoms. The zero-order chi connectivity index (χ0) is 11.1. The second-order valence-corrected chi connectivity index (χ2v) is 3.84. The van der Waals surface area contributed by atoms with Gasteiger partial charge >= 0.3 is 0 Å². The van der Waals surface area contributed by atoms with Crippen LogP contribution < -0.4 is 15.5 Å². The van der Waals surface area contributed by atoms with Crippen molar-refractivity contribution in [3.05, 3.63) is 29.8 Å². The van der Waals surface area contributed by atoms with Crippen molar-refractivity contribution in [3.63, 3.8) is 0 Å². The van der Waals surface area contributed by atoms with Crippen molar-refractivity contribution in [2.45, 2.75) is 6.54 Å². The molecule has 0 spiro atoms. The van der Waals surface area contributed by atoms with E-state index in [2.05, 4.69) is 53.9 Å². The van der Waals surface area contributed by atoms with Gasteiger partial charge < -0.3 is 15.5 Å². The smallest absolute Gasteiger partial charge is 0.0361 e. The lowest BCUT2D eigenvalue weighted by Gasteiger charge is -2.12. The van der Waals surface area contributed by atoms with Gasteiger partial charge in [-0.15, -0.1) is 0 Å². The van der Waals surface area contributed by atoms with Gasteiger partial charge in [0.1, 0.15) is 0 Å². The summed E-state index contributed by atoms with van der Waals surface area (Å²) in [6, 6.07) is 8.63. The van der Waals surface area contributed by atoms with E-state index in [0.29, 0.717) is 0 Å². The lowest BCUT2D eigenvalue weighted by atomic mass is 10.2. The minimum Gasteiger partial charge on any atom is -0.378 e. The SMILES string of the molecule is CNCCNCc1ccc(N(C)C)cc1. The first kappa shape index (κ1) is 12.0. The first-order valence-electron chi connectivity index (χ1n) is 5.35. The summed E-state index contributed by atoms with van der Waals surface area (Å²) in [6.45, 7) is 2.96. The highest BCUT2D eigenvalue weighted by molar-refractivity contribution is 5.45. The van der Waals surface area contributed by atoms with Crippen molar-refractivity contribution < 1.29 is 0 Å². The monoisotopic (exact) mass is 207 g/mol. The second-order valence-electron chi connectivity index (χ2n) is 3.84. The molecule has 1 aromatic carbocycles. The molecule has 0 aliphatic carbocycles. The number of nitrogens with zero attached hydrogens (tertiary/aromatic N) is 1. The van der Waals surface area contributed by atoms with Crippen LogP contribution in [0.25, 0.3) is 0 Å². The molecule has 0 atom stereocenters. The van der Waals surface area contributed by atoms with Gasteiger partial charge in [-0.2, -0.15) is 0 Å². The largest absolute Gasteiger partial charge is 0.378 e. The number of hydrogen-bond acceptors (Lipinski definition) is 3. The molecule has 0 aliphatic heterocycles. The minimum atomic E-state index is 0.940. The van der Waals surface area contributed by atoms with Gasteiger partial charge in [-0.05, 0) is 24.7 Å². The van der Waals surface area contributed by atoms with Crippen molar-refractivity contribution in [3.8, 4) is 0 Å². The molecule has 0 saturated heterocycles. The third kappa shape index (κ3) is 4.32. The van der Waals surface area contributed by atoms with Gasteiger partial charge in [0.25, 0.3) is 0 Å². The quantitative estimate of drug-likeness (QED) is 0.683. The first-order chi connectivity index (χ1) is 7.24. The Morgan fingerprint density at radius 1 is 1.07 bits per heavy atom. The zero-order valence-corrected chi connectivity index (χ0v) is 9.88. The highest BCUT2D eigenvalue weighted by Crippen LogP contribution is 2.11. The average Bonchev–Trinajstić information content (AvgIpc) is 2.25. The number of anilines is 1. The predicted molar refractivity (Wildman–Crippen MR) is 66.4 cm³/mol. The highest BCUT2D eigenvalue weighted by Gasteiger charge is 1.95. The van der Waals surface area contributed by atoms with E-state index in [1.165, 1.54) is 11.3 Å². The maximum atomic E-state index is 3.38. The van der Waals surface area contributed by atoms with Crippen LogP contribution in [0, 0.1) is 0 Å². The molecule has 0 aliphatic rings. The van der Waals surface area contributed by atoms with E-state index in [-0.39, 0.29) is 0 Å². The molecule has 0 radical (unpaired) electrons. The molecule has 0 fully saturated rings. The molecular formula is C12H21N3. The minimum absolute atomic E-state index is 0.940. The Bertz CT molecular complexity index is 267. The van der Waals surface area contributed by atoms with Crippen LogP contribution in [0.4, 0.5) is 5.69 Å². The van der Waals surface area contributed by atoms with Gasteiger partial charge in [0, 0.05) is 39.4 Å². The van der Waals surface area contributed by atoms with E-state index >= 15 is 0 Å². The van der Waals surface area contributed by atoms with Crippen LogP contribution in [0.2, 0.25) is 0 Å². The topological polar surface area (TPSA) is 27.3 Å². The lowest BCUT2D eigenvalue weighted by molar-refractivity contribution is 0.651. The van der Waals surface area contributed by atoms with E-state index in [1.54, 1.807) is 0 Å². The van der Waals surface area contributed by atoms with Crippen molar-refractivity contribution >= 4 is 5.69 Å². The van der Waals surface area contributed by atoms with Gasteiger partial charge in [0.2, 0.25) is 0 Å². The lowest BCUT2D eigenvalue weighted by Crippen LogP contribution is -2.24. The van der Waals surface area contributed by atoms with Crippen LogP contribution in [-0.2, 0) is 6.54 Å². The maximum Gasteiger partial charge on any atom is 0.0361 e. The molecule has 3 nitrogen and oxygen atoms in total. The second kappa shape index (κ2) is 6.43. The average molecular weight is 207 g/mol. The number of benzene rings is 1. The highest BCUT2D eigenvalue weighted by atomic mass is 15.1. The number of hydrogen-bond donors (Lipinski definition) is 2. The molecule has 0 aromatic heterocycles. The van der Waals surface area contributed by atoms with Crippen molar-refractivity contribution in [1.82, 2.24) is 10.6 Å². The van der Waals surface area contributed by atoms with Crippen molar-refractivity contribution in [1.29, 1.82) is 0 Å². The van der Waals surface area contributed by atoms with E-state index < -0.39 is 0 Å². The Kier molecular flexibility index (Phi) is 5.15. The standard InChI is InChI=1S/C12H21N3/c1-13-8-9-14-10-11-4-6-12(7-5-11)15(2)3/h4-7,13-14H,8-10H2,1-3H3. The summed E-state index contributed by atoms with van der Waals surface area (Å²) in [5.41, 5.74) is 2.57. The first-order valence-corrected chi connectivity index (χ1v) is 5.35. The van der Waals surface area contributed by atoms with Crippen LogP contribution in [0.1, 0.15) is 5.56 Å². The third-order valence-corrected chi connectivity index (χ3v) is 2.33. The Labute approximate surface area is 92.5 Å². The van der Waals surface area contributed by atoms with E-state index in [9.17, 15) is 0 Å². The van der Waals surface area contributed by atoms with Gasteiger partial charge in [0.15, 0.2) is 0 Å². The Morgan fingerprint density at radius 2 is 1.73 bits per heavy atom. The summed E-state index contributed by atoms with van der Waals surface area (Å²) >= 11 is 0. The molecule has 0 amide bonds. The summed E-state index contributed by atoms with van der Waals surface area (Å²) in [5.74, 6) is 0. The Balaban J connectivity index is 2.36. The molecule has 0 saturated carbocycles. The van der Waals surface area contributed by atoms with Crippen LogP contribution in [-0.4, -0.2) is 34.2 Å². The molecule has 0 heterocycles. The molecule has 1 rings (SSSR count). The fourth-order valence-corrected chi connectivity index (χ4v) is 1.36. The summed E-state index contributed by atoms with van der Waals surface area (Å²) < 4.78 is 0. The van der Waals surface area contributed by atoms with Crippen molar-refractivity contribution in [2.24, 2.45) is 0 Å². The van der Waals surface area contributed by atoms with Gasteiger partial charge in [-0.1, -0.05) is 12.1 Å². The Hall–Kier alpha value is -1.06. The summed E-state index contributed by atoms with van der Waals surface area (Å²) in [4.78, 5) is 2.11. The van der Waals surface area contributed by atoms with Gasteiger partial charge in [-0.3, -0.25) is 0 Å². The summed E-state index contributed by atoms with van der Waals surface area (Å²) in [6.07, 6.45) is 0. The van der Waals surface area contributed by atoms with E-state index in [0.717, 1.165) is 19.6 Å². The number of nitrogens with one attached hydrogen (secondary N) is 2. The van der Waals surface area contributed by atoms with E-state index in [4.69, 9.17) is 0 Å². The summed E-state index contributed by atoms with van der Waals surface area (Å²) in [7, 11) is 6.08. The van der Waals surface area contributed by atoms with Crippen LogP contribution in [0.15, 0.2) is 24.3 Å². The van der Waals surface area contributed by atoms with Crippen LogP contribution >= 0.6 is 0 Å². The van der Waals surface area contributed by atoms with Crippen molar-refractivity contribution in [2.75, 3.05) is 39.1 Å². The van der Waals surface area contributed by atoms with Gasteiger partial charge in [-0.25, -0.2) is 0 Å². The molecule has 0 bridgehead atoms. The molecule has 3 heteroatoms. The fraction of sp³-hybridized carbons (Fsp3) is 0.500. The Morgan fingerprint density at radius 3 is 2.27 bits per heavy atom. The molecular weight excluding hydrogens is 186 g/mol.